The minimum Gasteiger partial charge on any atom is -0.497 e. The van der Waals surface area contributed by atoms with Crippen LogP contribution in [0.4, 0.5) is 0 Å². The molecule has 1 saturated heterocycles. The van der Waals surface area contributed by atoms with Gasteiger partial charge in [-0.05, 0) is 72.9 Å². The monoisotopic (exact) mass is 550 g/mol. The SMILES string of the molecule is COc1ccc(-c2ccc(S(=O)(=O)N[C@@H](C(=O)O)C3CCN(S(=O)(=O)c4ccccc4)CC3)s2)cc1. The number of thiophene rings is 1. The third-order valence-corrected chi connectivity index (χ3v) is 11.1. The van der Waals surface area contributed by atoms with E-state index in [1.807, 2.05) is 12.1 Å². The largest absolute Gasteiger partial charge is 0.497 e. The van der Waals surface area contributed by atoms with Gasteiger partial charge in [0.2, 0.25) is 10.0 Å². The highest BCUT2D eigenvalue weighted by Gasteiger charge is 2.38. The Balaban J connectivity index is 1.46. The van der Waals surface area contributed by atoms with Crippen molar-refractivity contribution < 1.29 is 31.5 Å². The highest BCUT2D eigenvalue weighted by atomic mass is 32.2. The lowest BCUT2D eigenvalue weighted by Gasteiger charge is -2.34. The maximum Gasteiger partial charge on any atom is 0.322 e. The van der Waals surface area contributed by atoms with Crippen LogP contribution >= 0.6 is 11.3 Å². The molecule has 9 nitrogen and oxygen atoms in total. The summed E-state index contributed by atoms with van der Waals surface area (Å²) in [6, 6.07) is 16.9. The average molecular weight is 551 g/mol. The van der Waals surface area contributed by atoms with Crippen LogP contribution in [0, 0.1) is 5.92 Å². The van der Waals surface area contributed by atoms with Gasteiger partial charge in [-0.15, -0.1) is 11.3 Å². The summed E-state index contributed by atoms with van der Waals surface area (Å²) in [5.41, 5.74) is 0.809. The van der Waals surface area contributed by atoms with Crippen LogP contribution in [0.2, 0.25) is 0 Å². The van der Waals surface area contributed by atoms with E-state index in [-0.39, 0.29) is 35.0 Å². The fourth-order valence-corrected chi connectivity index (χ4v) is 8.22. The van der Waals surface area contributed by atoms with Crippen LogP contribution in [0.1, 0.15) is 12.8 Å². The van der Waals surface area contributed by atoms with Crippen LogP contribution in [0.15, 0.2) is 75.8 Å². The first-order valence-electron chi connectivity index (χ1n) is 11.2. The van der Waals surface area contributed by atoms with Crippen LogP contribution in [0.5, 0.6) is 5.75 Å². The topological polar surface area (TPSA) is 130 Å². The van der Waals surface area contributed by atoms with Gasteiger partial charge >= 0.3 is 5.97 Å². The zero-order valence-electron chi connectivity index (χ0n) is 19.4. The molecule has 192 valence electrons. The van der Waals surface area contributed by atoms with Crippen molar-refractivity contribution in [1.82, 2.24) is 9.03 Å². The molecule has 1 atom stereocenters. The number of benzene rings is 2. The molecule has 1 aromatic heterocycles. The van der Waals surface area contributed by atoms with E-state index in [1.165, 1.54) is 22.5 Å². The Kier molecular flexibility index (Phi) is 7.81. The quantitative estimate of drug-likeness (QED) is 0.418. The van der Waals surface area contributed by atoms with Crippen molar-refractivity contribution in [1.29, 1.82) is 0 Å². The van der Waals surface area contributed by atoms with E-state index in [2.05, 4.69) is 4.72 Å². The highest BCUT2D eigenvalue weighted by molar-refractivity contribution is 7.91. The summed E-state index contributed by atoms with van der Waals surface area (Å²) in [6.45, 7) is 0.210. The number of hydrogen-bond donors (Lipinski definition) is 2. The molecule has 0 bridgehead atoms. The Hall–Kier alpha value is -2.77. The van der Waals surface area contributed by atoms with Gasteiger partial charge in [0.05, 0.1) is 12.0 Å². The number of hydrogen-bond acceptors (Lipinski definition) is 7. The summed E-state index contributed by atoms with van der Waals surface area (Å²) in [6.07, 6.45) is 0.431. The number of ether oxygens (including phenoxy) is 1. The number of piperidine rings is 1. The van der Waals surface area contributed by atoms with E-state index >= 15 is 0 Å². The lowest BCUT2D eigenvalue weighted by Crippen LogP contribution is -2.50. The zero-order valence-corrected chi connectivity index (χ0v) is 21.9. The lowest BCUT2D eigenvalue weighted by molar-refractivity contribution is -0.140. The molecule has 4 rings (SSSR count). The molecule has 2 heterocycles. The van der Waals surface area contributed by atoms with Crippen molar-refractivity contribution in [2.45, 2.75) is 28.0 Å². The molecule has 2 aromatic carbocycles. The molecule has 0 spiro atoms. The molecule has 0 saturated carbocycles. The van der Waals surface area contributed by atoms with Crippen LogP contribution in [0.25, 0.3) is 10.4 Å². The van der Waals surface area contributed by atoms with Crippen molar-refractivity contribution in [3.8, 4) is 16.2 Å². The number of sulfonamides is 2. The first kappa shape index (κ1) is 26.3. The van der Waals surface area contributed by atoms with E-state index in [9.17, 15) is 26.7 Å². The molecule has 12 heteroatoms. The zero-order chi connectivity index (χ0) is 25.9. The molecule has 2 N–H and O–H groups in total. The van der Waals surface area contributed by atoms with Gasteiger partial charge in [0.25, 0.3) is 10.0 Å². The van der Waals surface area contributed by atoms with Gasteiger partial charge in [-0.3, -0.25) is 4.79 Å². The molecule has 0 unspecified atom stereocenters. The second-order valence-corrected chi connectivity index (χ2v) is 13.3. The van der Waals surface area contributed by atoms with Crippen LogP contribution in [-0.2, 0) is 24.8 Å². The number of carboxylic acid groups (broad SMARTS) is 1. The number of carbonyl (C=O) groups is 1. The number of methoxy groups -OCH3 is 1. The molecule has 1 fully saturated rings. The second kappa shape index (κ2) is 10.7. The fourth-order valence-electron chi connectivity index (χ4n) is 4.14. The molecule has 0 aliphatic carbocycles. The first-order valence-corrected chi connectivity index (χ1v) is 14.9. The summed E-state index contributed by atoms with van der Waals surface area (Å²) >= 11 is 1.04. The Morgan fingerprint density at radius 2 is 1.64 bits per heavy atom. The molecule has 1 aliphatic heterocycles. The van der Waals surface area contributed by atoms with Crippen LogP contribution < -0.4 is 9.46 Å². The van der Waals surface area contributed by atoms with E-state index < -0.39 is 38.0 Å². The normalized spacial score (nSPS) is 16.5. The van der Waals surface area contributed by atoms with Gasteiger partial charge < -0.3 is 9.84 Å². The second-order valence-electron chi connectivity index (χ2n) is 8.34. The smallest absolute Gasteiger partial charge is 0.322 e. The fraction of sp³-hybridized carbons (Fsp3) is 0.292. The van der Waals surface area contributed by atoms with Gasteiger partial charge in [-0.25, -0.2) is 16.8 Å². The van der Waals surface area contributed by atoms with E-state index in [0.717, 1.165) is 16.9 Å². The average Bonchev–Trinajstić information content (AvgIpc) is 3.39. The Labute approximate surface area is 214 Å². The number of rotatable bonds is 9. The molecule has 0 radical (unpaired) electrons. The van der Waals surface area contributed by atoms with Gasteiger partial charge in [0, 0.05) is 18.0 Å². The molecular formula is C24H26N2O7S3. The number of aliphatic carboxylic acids is 1. The van der Waals surface area contributed by atoms with Crippen molar-refractivity contribution >= 4 is 37.4 Å². The summed E-state index contributed by atoms with van der Waals surface area (Å²) in [5, 5.41) is 9.80. The van der Waals surface area contributed by atoms with Crippen molar-refractivity contribution in [3.63, 3.8) is 0 Å². The number of nitrogens with zero attached hydrogens (tertiary/aromatic N) is 1. The molecule has 1 aliphatic rings. The summed E-state index contributed by atoms with van der Waals surface area (Å²) in [4.78, 5) is 12.9. The third-order valence-electron chi connectivity index (χ3n) is 6.12. The highest BCUT2D eigenvalue weighted by Crippen LogP contribution is 2.33. The first-order chi connectivity index (χ1) is 17.1. The van der Waals surface area contributed by atoms with Gasteiger partial charge in [-0.2, -0.15) is 9.03 Å². The van der Waals surface area contributed by atoms with E-state index in [1.54, 1.807) is 43.5 Å². The Bertz CT molecular complexity index is 1410. The molecule has 0 amide bonds. The molecule has 36 heavy (non-hydrogen) atoms. The van der Waals surface area contributed by atoms with Crippen LogP contribution in [0.3, 0.4) is 0 Å². The minimum absolute atomic E-state index is 0.00339. The minimum atomic E-state index is -4.11. The maximum atomic E-state index is 13.1. The van der Waals surface area contributed by atoms with Crippen molar-refractivity contribution in [2.24, 2.45) is 5.92 Å². The molecular weight excluding hydrogens is 524 g/mol. The van der Waals surface area contributed by atoms with Gasteiger partial charge in [-0.1, -0.05) is 18.2 Å². The van der Waals surface area contributed by atoms with Crippen LogP contribution in [-0.4, -0.2) is 58.5 Å². The molecule has 3 aromatic rings. The maximum absolute atomic E-state index is 13.1. The summed E-state index contributed by atoms with van der Waals surface area (Å²) in [5.74, 6) is -1.17. The van der Waals surface area contributed by atoms with Gasteiger partial charge in [0.15, 0.2) is 0 Å². The number of carboxylic acids is 1. The van der Waals surface area contributed by atoms with Gasteiger partial charge in [0.1, 0.15) is 16.0 Å². The van der Waals surface area contributed by atoms with Crippen molar-refractivity contribution in [3.05, 3.63) is 66.7 Å². The predicted octanol–water partition coefficient (Wildman–Crippen LogP) is 3.26. The summed E-state index contributed by atoms with van der Waals surface area (Å²) < 4.78 is 60.6. The Morgan fingerprint density at radius 3 is 2.22 bits per heavy atom. The standard InChI is InChI=1S/C24H26N2O7S3/c1-33-19-9-7-17(8-10-19)21-11-12-22(34-21)35(29,30)25-23(24(27)28)18-13-15-26(16-14-18)36(31,32)20-5-3-2-4-6-20/h2-12,18,23,25H,13-16H2,1H3,(H,27,28)/t23-/m1/s1. The lowest BCUT2D eigenvalue weighted by atomic mass is 9.91. The summed E-state index contributed by atoms with van der Waals surface area (Å²) in [7, 11) is -6.25. The van der Waals surface area contributed by atoms with Crippen molar-refractivity contribution in [2.75, 3.05) is 20.2 Å². The predicted molar refractivity (Wildman–Crippen MR) is 136 cm³/mol. The third kappa shape index (κ3) is 5.62. The van der Waals surface area contributed by atoms with E-state index in [4.69, 9.17) is 4.74 Å². The van der Waals surface area contributed by atoms with E-state index in [0.29, 0.717) is 10.6 Å². The Morgan fingerprint density at radius 1 is 1.00 bits per heavy atom. The number of nitrogens with one attached hydrogen (secondary N) is 1.